The molecule has 1 atom stereocenters. The fourth-order valence-corrected chi connectivity index (χ4v) is 4.04. The van der Waals surface area contributed by atoms with Gasteiger partial charge in [0.15, 0.2) is 0 Å². The molecule has 1 fully saturated rings. The highest BCUT2D eigenvalue weighted by molar-refractivity contribution is 7.89. The lowest BCUT2D eigenvalue weighted by Gasteiger charge is -2.33. The third-order valence-corrected chi connectivity index (χ3v) is 5.88. The lowest BCUT2D eigenvalue weighted by Crippen LogP contribution is -2.45. The molecule has 2 N–H and O–H groups in total. The summed E-state index contributed by atoms with van der Waals surface area (Å²) in [6, 6.07) is 12.4. The van der Waals surface area contributed by atoms with Crippen molar-refractivity contribution >= 4 is 26.9 Å². The van der Waals surface area contributed by atoms with Crippen LogP contribution in [0.3, 0.4) is 0 Å². The zero-order valence-electron chi connectivity index (χ0n) is 16.8. The third-order valence-electron chi connectivity index (χ3n) is 4.57. The molecule has 1 aliphatic heterocycles. The lowest BCUT2D eigenvalue weighted by atomic mass is 10.0. The van der Waals surface area contributed by atoms with E-state index in [1.165, 1.54) is 11.1 Å². The van der Waals surface area contributed by atoms with Crippen molar-refractivity contribution in [2.45, 2.75) is 43.8 Å². The van der Waals surface area contributed by atoms with E-state index in [9.17, 15) is 18.3 Å². The summed E-state index contributed by atoms with van der Waals surface area (Å²) in [5, 5.41) is 12.1. The Bertz CT molecular complexity index is 1040. The van der Waals surface area contributed by atoms with E-state index in [1.54, 1.807) is 39.0 Å². The van der Waals surface area contributed by atoms with Crippen LogP contribution >= 0.6 is 0 Å². The van der Waals surface area contributed by atoms with Crippen molar-refractivity contribution in [3.63, 3.8) is 0 Å². The molecule has 0 aromatic heterocycles. The molecule has 1 amide bonds. The van der Waals surface area contributed by atoms with Crippen LogP contribution in [0.15, 0.2) is 59.1 Å². The molecule has 8 heteroatoms. The largest absolute Gasteiger partial charge is 0.444 e. The van der Waals surface area contributed by atoms with E-state index in [2.05, 4.69) is 4.72 Å². The van der Waals surface area contributed by atoms with Gasteiger partial charge in [0.2, 0.25) is 0 Å². The van der Waals surface area contributed by atoms with Crippen LogP contribution in [-0.2, 0) is 14.8 Å². The zero-order chi connectivity index (χ0) is 21.2. The van der Waals surface area contributed by atoms with Crippen LogP contribution in [0.2, 0.25) is 0 Å². The molecule has 156 valence electrons. The maximum Gasteiger partial charge on any atom is 0.410 e. The molecule has 1 saturated heterocycles. The number of benzene rings is 2. The van der Waals surface area contributed by atoms with Crippen molar-refractivity contribution in [2.75, 3.05) is 13.1 Å². The highest BCUT2D eigenvalue weighted by Gasteiger charge is 2.29. The predicted octanol–water partition coefficient (Wildman–Crippen LogP) is 3.00. The summed E-state index contributed by atoms with van der Waals surface area (Å²) in [5.41, 5.74) is -0.0950. The van der Waals surface area contributed by atoms with Crippen molar-refractivity contribution < 1.29 is 23.1 Å². The molecule has 1 heterocycles. The molecule has 29 heavy (non-hydrogen) atoms. The Morgan fingerprint density at radius 3 is 2.55 bits per heavy atom. The smallest absolute Gasteiger partial charge is 0.410 e. The average molecular weight is 419 g/mol. The molecule has 0 aliphatic carbocycles. The number of fused-ring (bicyclic) bond motifs is 1. The van der Waals surface area contributed by atoms with Crippen molar-refractivity contribution in [1.29, 1.82) is 0 Å². The maximum atomic E-state index is 12.6. The Hall–Kier alpha value is -2.58. The van der Waals surface area contributed by atoms with E-state index in [4.69, 9.17) is 4.74 Å². The van der Waals surface area contributed by atoms with Gasteiger partial charge in [-0.15, -0.1) is 0 Å². The minimum atomic E-state index is -3.77. The summed E-state index contributed by atoms with van der Waals surface area (Å²) in [6.45, 7) is 5.72. The second-order valence-corrected chi connectivity index (χ2v) is 9.76. The van der Waals surface area contributed by atoms with Crippen LogP contribution in [0, 0.1) is 0 Å². The van der Waals surface area contributed by atoms with Crippen molar-refractivity contribution in [3.05, 3.63) is 54.2 Å². The van der Waals surface area contributed by atoms with Gasteiger partial charge in [-0.3, -0.25) is 4.72 Å². The van der Waals surface area contributed by atoms with Crippen LogP contribution in [0.5, 0.6) is 0 Å². The number of β-amino-alcohol motifs (C(OH)–C–C–N with tert-alkyl or cyclic N) is 1. The molecule has 0 radical (unpaired) electrons. The summed E-state index contributed by atoms with van der Waals surface area (Å²) in [4.78, 5) is 13.7. The Morgan fingerprint density at radius 1 is 1.21 bits per heavy atom. The normalized spacial score (nSPS) is 19.4. The molecular weight excluding hydrogens is 392 g/mol. The Balaban J connectivity index is 1.68. The second-order valence-electron chi connectivity index (χ2n) is 8.04. The number of sulfonamides is 1. The van der Waals surface area contributed by atoms with E-state index in [-0.39, 0.29) is 11.4 Å². The molecule has 2 aromatic rings. The van der Waals surface area contributed by atoms with E-state index in [0.717, 1.165) is 10.8 Å². The number of likely N-dealkylation sites (tertiary alicyclic amines) is 1. The quantitative estimate of drug-likeness (QED) is 0.799. The first kappa shape index (κ1) is 21.1. The van der Waals surface area contributed by atoms with Crippen LogP contribution in [-0.4, -0.2) is 49.3 Å². The highest BCUT2D eigenvalue weighted by atomic mass is 32.2. The van der Waals surface area contributed by atoms with Crippen LogP contribution in [0.25, 0.3) is 10.8 Å². The van der Waals surface area contributed by atoms with Crippen molar-refractivity contribution in [1.82, 2.24) is 9.62 Å². The minimum absolute atomic E-state index is 0.0540. The molecule has 0 spiro atoms. The Kier molecular flexibility index (Phi) is 5.86. The van der Waals surface area contributed by atoms with Crippen LogP contribution < -0.4 is 4.72 Å². The minimum Gasteiger partial charge on any atom is -0.444 e. The standard InChI is InChI=1S/C21H26N2O5S/c1-21(2,3)28-20(25)23-11-10-17(19(24)14-23)13-22-29(26,27)18-9-8-15-6-4-5-7-16(15)12-18/h4-9,12-13,19,22,24H,10-11,14H2,1-3H3/b17-13+/t19-/m1/s1. The summed E-state index contributed by atoms with van der Waals surface area (Å²) in [7, 11) is -3.77. The molecule has 1 aliphatic rings. The molecular formula is C21H26N2O5S. The molecule has 3 rings (SSSR count). The number of nitrogens with zero attached hydrogens (tertiary/aromatic N) is 1. The van der Waals surface area contributed by atoms with Crippen LogP contribution in [0.1, 0.15) is 27.2 Å². The fourth-order valence-electron chi connectivity index (χ4n) is 3.06. The number of nitrogens with one attached hydrogen (secondary N) is 1. The van der Waals surface area contributed by atoms with Gasteiger partial charge in [0.1, 0.15) is 5.60 Å². The zero-order valence-corrected chi connectivity index (χ0v) is 17.6. The third kappa shape index (κ3) is 5.27. The van der Waals surface area contributed by atoms with Gasteiger partial charge in [-0.05, 0) is 55.7 Å². The van der Waals surface area contributed by atoms with Gasteiger partial charge < -0.3 is 14.7 Å². The van der Waals surface area contributed by atoms with E-state index >= 15 is 0 Å². The summed E-state index contributed by atoms with van der Waals surface area (Å²) in [5.74, 6) is 0. The van der Waals surface area contributed by atoms with Gasteiger partial charge >= 0.3 is 6.09 Å². The van der Waals surface area contributed by atoms with Gasteiger partial charge in [0.25, 0.3) is 10.0 Å². The maximum absolute atomic E-state index is 12.6. The number of carbonyl (C=O) groups excluding carboxylic acids is 1. The SMILES string of the molecule is CC(C)(C)OC(=O)N1CC/C(=C\NS(=O)(=O)c2ccc3ccccc3c2)[C@H](O)C1. The number of aliphatic hydroxyl groups excluding tert-OH is 1. The van der Waals surface area contributed by atoms with E-state index in [0.29, 0.717) is 18.5 Å². The highest BCUT2D eigenvalue weighted by Crippen LogP contribution is 2.21. The number of aliphatic hydroxyl groups is 1. The summed E-state index contributed by atoms with van der Waals surface area (Å²) >= 11 is 0. The molecule has 2 aromatic carbocycles. The summed E-state index contributed by atoms with van der Waals surface area (Å²) in [6.07, 6.45) is 0.213. The van der Waals surface area contributed by atoms with Gasteiger partial charge in [0, 0.05) is 12.7 Å². The molecule has 0 saturated carbocycles. The van der Waals surface area contributed by atoms with Gasteiger partial charge in [-0.1, -0.05) is 30.3 Å². The first-order valence-electron chi connectivity index (χ1n) is 9.41. The van der Waals surface area contributed by atoms with Crippen molar-refractivity contribution in [2.24, 2.45) is 0 Å². The average Bonchev–Trinajstić information content (AvgIpc) is 2.65. The number of hydrogen-bond donors (Lipinski definition) is 2. The summed E-state index contributed by atoms with van der Waals surface area (Å²) < 4.78 is 33.0. The molecule has 7 nitrogen and oxygen atoms in total. The Morgan fingerprint density at radius 2 is 1.90 bits per heavy atom. The van der Waals surface area contributed by atoms with Gasteiger partial charge in [0.05, 0.1) is 17.5 Å². The molecule has 0 unspecified atom stereocenters. The fraction of sp³-hybridized carbons (Fsp3) is 0.381. The van der Waals surface area contributed by atoms with E-state index < -0.39 is 27.8 Å². The number of ether oxygens (including phenoxy) is 1. The van der Waals surface area contributed by atoms with Crippen molar-refractivity contribution in [3.8, 4) is 0 Å². The van der Waals surface area contributed by atoms with Gasteiger partial charge in [-0.2, -0.15) is 0 Å². The number of amides is 1. The topological polar surface area (TPSA) is 95.9 Å². The van der Waals surface area contributed by atoms with Crippen LogP contribution in [0.4, 0.5) is 4.79 Å². The number of carbonyl (C=O) groups is 1. The number of piperidine rings is 1. The first-order chi connectivity index (χ1) is 13.5. The molecule has 0 bridgehead atoms. The first-order valence-corrected chi connectivity index (χ1v) is 10.9. The number of rotatable bonds is 3. The Labute approximate surface area is 171 Å². The van der Waals surface area contributed by atoms with Gasteiger partial charge in [-0.25, -0.2) is 13.2 Å². The second kappa shape index (κ2) is 8.04. The lowest BCUT2D eigenvalue weighted by molar-refractivity contribution is 0.0124. The monoisotopic (exact) mass is 418 g/mol. The van der Waals surface area contributed by atoms with E-state index in [1.807, 2.05) is 24.3 Å². The predicted molar refractivity (Wildman–Crippen MR) is 111 cm³/mol. The number of hydrogen-bond acceptors (Lipinski definition) is 5.